The number of nitrogens with one attached hydrogen (secondary N) is 2. The van der Waals surface area contributed by atoms with E-state index in [4.69, 9.17) is 0 Å². The summed E-state index contributed by atoms with van der Waals surface area (Å²) in [4.78, 5) is 37.9. The fourth-order valence-corrected chi connectivity index (χ4v) is 2.86. The number of nitrogens with zero attached hydrogens (tertiary/aromatic N) is 3. The fraction of sp³-hybridized carbons (Fsp3) is 0.562. The van der Waals surface area contributed by atoms with Crippen molar-refractivity contribution in [2.24, 2.45) is 0 Å². The first-order valence-corrected chi connectivity index (χ1v) is 8.00. The van der Waals surface area contributed by atoms with E-state index < -0.39 is 12.1 Å². The van der Waals surface area contributed by atoms with Gasteiger partial charge in [0.05, 0.1) is 11.4 Å². The summed E-state index contributed by atoms with van der Waals surface area (Å²) < 4.78 is 0. The molecule has 0 aliphatic carbocycles. The number of amides is 3. The van der Waals surface area contributed by atoms with Gasteiger partial charge in [-0.15, -0.1) is 0 Å². The second-order valence-electron chi connectivity index (χ2n) is 5.93. The number of carbonyl (C=O) groups is 3. The Balaban J connectivity index is 2.16. The summed E-state index contributed by atoms with van der Waals surface area (Å²) >= 11 is 0. The molecule has 1 aromatic rings. The smallest absolute Gasteiger partial charge is 0.246 e. The lowest BCUT2D eigenvalue weighted by atomic mass is 10.1. The summed E-state index contributed by atoms with van der Waals surface area (Å²) in [6.45, 7) is 3.69. The predicted molar refractivity (Wildman–Crippen MR) is 86.9 cm³/mol. The molecule has 24 heavy (non-hydrogen) atoms. The summed E-state index contributed by atoms with van der Waals surface area (Å²) in [5, 5.41) is 13.3. The van der Waals surface area contributed by atoms with Crippen molar-refractivity contribution in [3.8, 4) is 0 Å². The first-order chi connectivity index (χ1) is 11.4. The molecule has 1 aliphatic heterocycles. The Labute approximate surface area is 141 Å². The van der Waals surface area contributed by atoms with Crippen molar-refractivity contribution < 1.29 is 14.4 Å². The molecule has 2 heterocycles. The average Bonchev–Trinajstić information content (AvgIpc) is 3.04. The number of rotatable bonds is 5. The highest BCUT2D eigenvalue weighted by molar-refractivity contribution is 5.92. The number of hydrogen-bond acceptors (Lipinski definition) is 5. The second kappa shape index (κ2) is 7.85. The molecule has 3 amide bonds. The van der Waals surface area contributed by atoms with Crippen LogP contribution in [-0.4, -0.2) is 58.5 Å². The predicted octanol–water partition coefficient (Wildman–Crippen LogP) is -0.431. The van der Waals surface area contributed by atoms with Gasteiger partial charge >= 0.3 is 0 Å². The molecule has 8 heteroatoms. The Morgan fingerprint density at radius 1 is 1.33 bits per heavy atom. The maximum Gasteiger partial charge on any atom is 0.246 e. The van der Waals surface area contributed by atoms with E-state index in [1.54, 1.807) is 24.1 Å². The zero-order chi connectivity index (χ0) is 17.7. The number of likely N-dealkylation sites (N-methyl/N-ethyl adjacent to an activating group) is 1. The molecule has 0 bridgehead atoms. The summed E-state index contributed by atoms with van der Waals surface area (Å²) in [6, 6.07) is 2.35. The van der Waals surface area contributed by atoms with E-state index in [0.29, 0.717) is 18.7 Å². The molecular formula is C16H23N5O3. The third kappa shape index (κ3) is 4.27. The molecule has 8 nitrogen and oxygen atoms in total. The van der Waals surface area contributed by atoms with Crippen molar-refractivity contribution >= 4 is 17.7 Å². The molecule has 1 fully saturated rings. The number of hydrogen-bond donors (Lipinski definition) is 2. The number of aryl methyl sites for hydroxylation is 1. The van der Waals surface area contributed by atoms with Crippen LogP contribution in [0.2, 0.25) is 0 Å². The fourth-order valence-electron chi connectivity index (χ4n) is 2.86. The first-order valence-electron chi connectivity index (χ1n) is 8.00. The highest BCUT2D eigenvalue weighted by atomic mass is 16.2. The molecule has 2 rings (SSSR count). The van der Waals surface area contributed by atoms with Crippen LogP contribution < -0.4 is 10.6 Å². The van der Waals surface area contributed by atoms with Gasteiger partial charge in [-0.3, -0.25) is 14.4 Å². The molecule has 0 radical (unpaired) electrons. The van der Waals surface area contributed by atoms with Gasteiger partial charge in [0.25, 0.3) is 0 Å². The normalized spacial score (nSPS) is 18.1. The van der Waals surface area contributed by atoms with Crippen molar-refractivity contribution in [3.05, 3.63) is 23.5 Å². The summed E-state index contributed by atoms with van der Waals surface area (Å²) in [6.07, 6.45) is 1.63. The van der Waals surface area contributed by atoms with Crippen molar-refractivity contribution in [1.82, 2.24) is 25.7 Å². The third-order valence-electron chi connectivity index (χ3n) is 4.03. The van der Waals surface area contributed by atoms with Gasteiger partial charge in [-0.25, -0.2) is 0 Å². The minimum absolute atomic E-state index is 0.183. The molecule has 130 valence electrons. The molecule has 2 atom stereocenters. The Morgan fingerprint density at radius 3 is 2.67 bits per heavy atom. The highest BCUT2D eigenvalue weighted by Gasteiger charge is 2.37. The maximum absolute atomic E-state index is 12.9. The molecule has 0 aromatic carbocycles. The Morgan fingerprint density at radius 2 is 2.08 bits per heavy atom. The highest BCUT2D eigenvalue weighted by Crippen LogP contribution is 2.19. The van der Waals surface area contributed by atoms with Crippen LogP contribution in [0.4, 0.5) is 0 Å². The van der Waals surface area contributed by atoms with E-state index in [0.717, 1.165) is 12.1 Å². The van der Waals surface area contributed by atoms with Crippen molar-refractivity contribution in [1.29, 1.82) is 0 Å². The van der Waals surface area contributed by atoms with Crippen LogP contribution in [0.25, 0.3) is 0 Å². The third-order valence-corrected chi connectivity index (χ3v) is 4.03. The minimum atomic E-state index is -0.759. The summed E-state index contributed by atoms with van der Waals surface area (Å²) in [7, 11) is 1.55. The van der Waals surface area contributed by atoms with Gasteiger partial charge in [0.15, 0.2) is 0 Å². The molecule has 0 saturated carbocycles. The second-order valence-corrected chi connectivity index (χ2v) is 5.93. The Kier molecular flexibility index (Phi) is 5.83. The molecule has 2 N–H and O–H groups in total. The number of likely N-dealkylation sites (tertiary alicyclic amines) is 1. The molecular weight excluding hydrogens is 310 g/mol. The van der Waals surface area contributed by atoms with Crippen LogP contribution in [0.5, 0.6) is 0 Å². The largest absolute Gasteiger partial charge is 0.357 e. The van der Waals surface area contributed by atoms with Gasteiger partial charge in [0.2, 0.25) is 17.7 Å². The molecule has 0 spiro atoms. The molecule has 1 aromatic heterocycles. The van der Waals surface area contributed by atoms with Gasteiger partial charge < -0.3 is 15.5 Å². The van der Waals surface area contributed by atoms with Crippen LogP contribution in [-0.2, 0) is 20.8 Å². The lowest BCUT2D eigenvalue weighted by molar-refractivity contribution is -0.141. The Bertz CT molecular complexity index is 617. The lowest BCUT2D eigenvalue weighted by Crippen LogP contribution is -2.53. The Hall–Kier alpha value is -2.51. The van der Waals surface area contributed by atoms with Crippen LogP contribution in [0, 0.1) is 6.92 Å². The lowest BCUT2D eigenvalue weighted by Gasteiger charge is -2.28. The molecule has 0 unspecified atom stereocenters. The number of aromatic nitrogens is 2. The van der Waals surface area contributed by atoms with E-state index >= 15 is 0 Å². The molecule has 1 saturated heterocycles. The zero-order valence-corrected chi connectivity index (χ0v) is 14.2. The van der Waals surface area contributed by atoms with E-state index in [1.807, 2.05) is 6.92 Å². The maximum atomic E-state index is 12.9. The van der Waals surface area contributed by atoms with Crippen LogP contribution in [0.1, 0.15) is 31.2 Å². The standard InChI is InChI=1S/C16H23N5O3/c1-10-6-7-12(20-19-10)9-13(18-11(2)22)16(24)21-8-4-5-14(21)15(23)17-3/h6-7,13-14H,4-5,8-9H2,1-3H3,(H,17,23)(H,18,22)/t13-,14-/m0/s1. The quantitative estimate of drug-likeness (QED) is 0.761. The van der Waals surface area contributed by atoms with Crippen LogP contribution >= 0.6 is 0 Å². The van der Waals surface area contributed by atoms with Gasteiger partial charge in [-0.1, -0.05) is 0 Å². The molecule has 1 aliphatic rings. The summed E-state index contributed by atoms with van der Waals surface area (Å²) in [5.41, 5.74) is 1.39. The van der Waals surface area contributed by atoms with Gasteiger partial charge in [0, 0.05) is 26.9 Å². The van der Waals surface area contributed by atoms with E-state index in [-0.39, 0.29) is 24.1 Å². The zero-order valence-electron chi connectivity index (χ0n) is 14.2. The minimum Gasteiger partial charge on any atom is -0.357 e. The summed E-state index contributed by atoms with van der Waals surface area (Å²) in [5.74, 6) is -0.750. The number of carbonyl (C=O) groups excluding carboxylic acids is 3. The van der Waals surface area contributed by atoms with Crippen molar-refractivity contribution in [3.63, 3.8) is 0 Å². The SMILES string of the molecule is CNC(=O)[C@@H]1CCCN1C(=O)[C@H](Cc1ccc(C)nn1)NC(C)=O. The topological polar surface area (TPSA) is 104 Å². The first kappa shape index (κ1) is 17.8. The van der Waals surface area contributed by atoms with Crippen molar-refractivity contribution in [2.45, 2.75) is 45.2 Å². The van der Waals surface area contributed by atoms with Crippen molar-refractivity contribution in [2.75, 3.05) is 13.6 Å². The van der Waals surface area contributed by atoms with Gasteiger partial charge in [-0.05, 0) is 31.9 Å². The van der Waals surface area contributed by atoms with Gasteiger partial charge in [-0.2, -0.15) is 10.2 Å². The van der Waals surface area contributed by atoms with E-state index in [9.17, 15) is 14.4 Å². The average molecular weight is 333 g/mol. The van der Waals surface area contributed by atoms with Crippen LogP contribution in [0.15, 0.2) is 12.1 Å². The van der Waals surface area contributed by atoms with E-state index in [2.05, 4.69) is 20.8 Å². The van der Waals surface area contributed by atoms with Gasteiger partial charge in [0.1, 0.15) is 12.1 Å². The van der Waals surface area contributed by atoms with Crippen LogP contribution in [0.3, 0.4) is 0 Å². The monoisotopic (exact) mass is 333 g/mol. The van der Waals surface area contributed by atoms with E-state index in [1.165, 1.54) is 6.92 Å².